The van der Waals surface area contributed by atoms with E-state index in [2.05, 4.69) is 54.4 Å². The molecule has 2 heterocycles. The third-order valence-electron chi connectivity index (χ3n) is 5.36. The van der Waals surface area contributed by atoms with Crippen LogP contribution in [-0.2, 0) is 5.60 Å². The van der Waals surface area contributed by atoms with Crippen molar-refractivity contribution in [1.82, 2.24) is 10.2 Å². The van der Waals surface area contributed by atoms with E-state index in [-0.39, 0.29) is 6.54 Å². The number of benzene rings is 1. The lowest BCUT2D eigenvalue weighted by Crippen LogP contribution is -2.48. The van der Waals surface area contributed by atoms with Gasteiger partial charge in [-0.15, -0.1) is 0 Å². The standard InChI is InChI=1S/C22H31N3O2/c1-4-23-21(24-16-22(3,26)20-11-8-14-27-20)25-13-12-19(17(2)15-25)18-9-6-5-7-10-18/h5-11,14,17,19,26H,4,12-13,15-16H2,1-3H3,(H,23,24). The largest absolute Gasteiger partial charge is 0.466 e. The zero-order chi connectivity index (χ0) is 19.3. The number of guanidine groups is 1. The Morgan fingerprint density at radius 3 is 2.70 bits per heavy atom. The van der Waals surface area contributed by atoms with Gasteiger partial charge in [0.15, 0.2) is 5.96 Å². The highest BCUT2D eigenvalue weighted by Gasteiger charge is 2.30. The lowest BCUT2D eigenvalue weighted by Gasteiger charge is -2.39. The van der Waals surface area contributed by atoms with Crippen LogP contribution in [-0.4, -0.2) is 42.1 Å². The zero-order valence-corrected chi connectivity index (χ0v) is 16.6. The lowest BCUT2D eigenvalue weighted by molar-refractivity contribution is 0.0433. The van der Waals surface area contributed by atoms with Gasteiger partial charge >= 0.3 is 0 Å². The van der Waals surface area contributed by atoms with Crippen LogP contribution in [0.5, 0.6) is 0 Å². The van der Waals surface area contributed by atoms with Crippen molar-refractivity contribution in [1.29, 1.82) is 0 Å². The monoisotopic (exact) mass is 369 g/mol. The molecule has 3 rings (SSSR count). The Morgan fingerprint density at radius 1 is 1.30 bits per heavy atom. The number of furan rings is 1. The van der Waals surface area contributed by atoms with Crippen molar-refractivity contribution in [3.8, 4) is 0 Å². The fourth-order valence-electron chi connectivity index (χ4n) is 3.85. The molecule has 0 amide bonds. The Hall–Kier alpha value is -2.27. The molecule has 5 heteroatoms. The first kappa shape index (κ1) is 19.5. The van der Waals surface area contributed by atoms with Gasteiger partial charge in [-0.3, -0.25) is 0 Å². The summed E-state index contributed by atoms with van der Waals surface area (Å²) in [5.41, 5.74) is 0.311. The summed E-state index contributed by atoms with van der Waals surface area (Å²) in [6.45, 7) is 9.09. The minimum Gasteiger partial charge on any atom is -0.466 e. The van der Waals surface area contributed by atoms with E-state index >= 15 is 0 Å². The maximum Gasteiger partial charge on any atom is 0.194 e. The van der Waals surface area contributed by atoms with Crippen molar-refractivity contribution < 1.29 is 9.52 Å². The summed E-state index contributed by atoms with van der Waals surface area (Å²) in [6, 6.07) is 14.4. The summed E-state index contributed by atoms with van der Waals surface area (Å²) < 4.78 is 5.36. The minimum absolute atomic E-state index is 0.260. The fourth-order valence-corrected chi connectivity index (χ4v) is 3.85. The number of aliphatic hydroxyl groups is 1. The molecule has 1 saturated heterocycles. The van der Waals surface area contributed by atoms with Crippen molar-refractivity contribution in [2.45, 2.75) is 38.7 Å². The molecule has 146 valence electrons. The number of likely N-dealkylation sites (tertiary alicyclic amines) is 1. The van der Waals surface area contributed by atoms with E-state index < -0.39 is 5.60 Å². The molecule has 0 aliphatic carbocycles. The fraction of sp³-hybridized carbons (Fsp3) is 0.500. The zero-order valence-electron chi connectivity index (χ0n) is 16.6. The molecule has 2 aromatic rings. The SMILES string of the molecule is CCNC(=NCC(C)(O)c1ccco1)N1CCC(c2ccccc2)C(C)C1. The molecule has 1 aliphatic heterocycles. The van der Waals surface area contributed by atoms with Crippen LogP contribution in [0.25, 0.3) is 0 Å². The topological polar surface area (TPSA) is 61.0 Å². The molecule has 3 atom stereocenters. The summed E-state index contributed by atoms with van der Waals surface area (Å²) in [5, 5.41) is 14.1. The number of nitrogens with one attached hydrogen (secondary N) is 1. The predicted octanol–water partition coefficient (Wildman–Crippen LogP) is 3.58. The van der Waals surface area contributed by atoms with Gasteiger partial charge in [0.05, 0.1) is 12.8 Å². The Morgan fingerprint density at radius 2 is 2.07 bits per heavy atom. The highest BCUT2D eigenvalue weighted by Crippen LogP contribution is 2.32. The van der Waals surface area contributed by atoms with Crippen LogP contribution in [0.3, 0.4) is 0 Å². The van der Waals surface area contributed by atoms with Crippen molar-refractivity contribution in [3.63, 3.8) is 0 Å². The highest BCUT2D eigenvalue weighted by atomic mass is 16.4. The summed E-state index contributed by atoms with van der Waals surface area (Å²) in [6.07, 6.45) is 2.68. The summed E-state index contributed by atoms with van der Waals surface area (Å²) in [7, 11) is 0. The van der Waals surface area contributed by atoms with Crippen molar-refractivity contribution in [3.05, 3.63) is 60.1 Å². The number of hydrogen-bond acceptors (Lipinski definition) is 3. The first-order chi connectivity index (χ1) is 13.0. The highest BCUT2D eigenvalue weighted by molar-refractivity contribution is 5.80. The second kappa shape index (κ2) is 8.61. The Bertz CT molecular complexity index is 725. The number of hydrogen-bond donors (Lipinski definition) is 2. The molecule has 1 aromatic heterocycles. The molecule has 1 aromatic carbocycles. The molecule has 3 unspecified atom stereocenters. The number of nitrogens with zero attached hydrogens (tertiary/aromatic N) is 2. The van der Waals surface area contributed by atoms with Crippen molar-refractivity contribution in [2.24, 2.45) is 10.9 Å². The molecule has 1 fully saturated rings. The van der Waals surface area contributed by atoms with E-state index in [1.165, 1.54) is 5.56 Å². The van der Waals surface area contributed by atoms with E-state index in [0.717, 1.165) is 32.0 Å². The van der Waals surface area contributed by atoms with Crippen LogP contribution in [0.2, 0.25) is 0 Å². The molecule has 0 spiro atoms. The van der Waals surface area contributed by atoms with Crippen LogP contribution in [0.15, 0.2) is 58.1 Å². The van der Waals surface area contributed by atoms with E-state index in [4.69, 9.17) is 9.41 Å². The van der Waals surface area contributed by atoms with Crippen molar-refractivity contribution in [2.75, 3.05) is 26.2 Å². The van der Waals surface area contributed by atoms with Gasteiger partial charge in [0.2, 0.25) is 0 Å². The number of rotatable bonds is 5. The van der Waals surface area contributed by atoms with Crippen LogP contribution in [0, 0.1) is 5.92 Å². The average Bonchev–Trinajstić information content (AvgIpc) is 3.21. The summed E-state index contributed by atoms with van der Waals surface area (Å²) >= 11 is 0. The summed E-state index contributed by atoms with van der Waals surface area (Å²) in [4.78, 5) is 7.03. The first-order valence-electron chi connectivity index (χ1n) is 9.86. The van der Waals surface area contributed by atoms with Crippen LogP contribution >= 0.6 is 0 Å². The average molecular weight is 370 g/mol. The lowest BCUT2D eigenvalue weighted by atomic mass is 9.82. The third-order valence-corrected chi connectivity index (χ3v) is 5.36. The second-order valence-electron chi connectivity index (χ2n) is 7.65. The van der Waals surface area contributed by atoms with Crippen LogP contribution < -0.4 is 5.32 Å². The molecular formula is C22H31N3O2. The molecule has 0 bridgehead atoms. The van der Waals surface area contributed by atoms with Gasteiger partial charge in [-0.2, -0.15) is 0 Å². The van der Waals surface area contributed by atoms with Gasteiger partial charge in [-0.05, 0) is 49.8 Å². The molecular weight excluding hydrogens is 338 g/mol. The van der Waals surface area contributed by atoms with Crippen molar-refractivity contribution >= 4 is 5.96 Å². The first-order valence-corrected chi connectivity index (χ1v) is 9.86. The summed E-state index contributed by atoms with van der Waals surface area (Å²) in [5.74, 6) is 2.52. The van der Waals surface area contributed by atoms with Gasteiger partial charge in [0.1, 0.15) is 11.4 Å². The number of piperidine rings is 1. The third kappa shape index (κ3) is 4.72. The second-order valence-corrected chi connectivity index (χ2v) is 7.65. The predicted molar refractivity (Wildman–Crippen MR) is 109 cm³/mol. The van der Waals surface area contributed by atoms with Gasteiger partial charge < -0.3 is 19.7 Å². The molecule has 2 N–H and O–H groups in total. The number of aliphatic imine (C=N–C) groups is 1. The Labute approximate surface area is 162 Å². The van der Waals surface area contributed by atoms with Gasteiger partial charge in [0.25, 0.3) is 0 Å². The normalized spacial score (nSPS) is 23.1. The minimum atomic E-state index is -1.11. The van der Waals surface area contributed by atoms with Crippen LogP contribution in [0.4, 0.5) is 0 Å². The van der Waals surface area contributed by atoms with E-state index in [9.17, 15) is 5.11 Å². The smallest absolute Gasteiger partial charge is 0.194 e. The van der Waals surface area contributed by atoms with Gasteiger partial charge in [-0.25, -0.2) is 4.99 Å². The Kier molecular flexibility index (Phi) is 6.22. The molecule has 0 saturated carbocycles. The maximum atomic E-state index is 10.7. The van der Waals surface area contributed by atoms with Gasteiger partial charge in [0, 0.05) is 19.6 Å². The molecule has 0 radical (unpaired) electrons. The van der Waals surface area contributed by atoms with E-state index in [1.54, 1.807) is 25.3 Å². The van der Waals surface area contributed by atoms with Gasteiger partial charge in [-0.1, -0.05) is 37.3 Å². The Balaban J connectivity index is 1.69. The van der Waals surface area contributed by atoms with E-state index in [1.807, 2.05) is 0 Å². The van der Waals surface area contributed by atoms with E-state index in [0.29, 0.717) is 17.6 Å². The quantitative estimate of drug-likeness (QED) is 0.625. The maximum absolute atomic E-state index is 10.7. The molecule has 5 nitrogen and oxygen atoms in total. The molecule has 1 aliphatic rings. The molecule has 27 heavy (non-hydrogen) atoms. The van der Waals surface area contributed by atoms with Crippen LogP contribution in [0.1, 0.15) is 44.4 Å².